The van der Waals surface area contributed by atoms with Gasteiger partial charge in [0.25, 0.3) is 5.91 Å². The normalized spacial score (nSPS) is 15.4. The van der Waals surface area contributed by atoms with Gasteiger partial charge >= 0.3 is 0 Å². The van der Waals surface area contributed by atoms with Gasteiger partial charge in [-0.2, -0.15) is 0 Å². The molecule has 0 atom stereocenters. The zero-order valence-corrected chi connectivity index (χ0v) is 14.1. The van der Waals surface area contributed by atoms with Crippen LogP contribution >= 0.6 is 22.7 Å². The Morgan fingerprint density at radius 3 is 2.64 bits per heavy atom. The largest absolute Gasteiger partial charge is 0.345 e. The fourth-order valence-electron chi connectivity index (χ4n) is 2.40. The first-order chi connectivity index (χ1) is 10.7. The minimum atomic E-state index is 0.0227. The molecule has 0 bridgehead atoms. The molecule has 2 aromatic rings. The molecule has 0 aliphatic carbocycles. The van der Waals surface area contributed by atoms with Crippen LogP contribution in [0.25, 0.3) is 0 Å². The summed E-state index contributed by atoms with van der Waals surface area (Å²) in [5.74, 6) is 0.0227. The topological polar surface area (TPSA) is 75.3 Å². The molecule has 1 aliphatic heterocycles. The maximum absolute atomic E-state index is 12.5. The Morgan fingerprint density at radius 1 is 1.23 bits per heavy atom. The Labute approximate surface area is 137 Å². The lowest BCUT2D eigenvalue weighted by molar-refractivity contribution is 0.0741. The molecule has 1 saturated heterocycles. The molecular weight excluding hydrogens is 318 g/mol. The molecular formula is C14H19N5OS2. The third kappa shape index (κ3) is 3.29. The number of nitrogens with two attached hydrogens (primary N) is 1. The van der Waals surface area contributed by atoms with Gasteiger partial charge in [0.1, 0.15) is 5.69 Å². The Bertz CT molecular complexity index is 645. The summed E-state index contributed by atoms with van der Waals surface area (Å²) in [6, 6.07) is 0. The molecule has 1 amide bonds. The number of piperazine rings is 1. The van der Waals surface area contributed by atoms with Crippen molar-refractivity contribution < 1.29 is 4.79 Å². The van der Waals surface area contributed by atoms with Crippen LogP contribution in [0.15, 0.2) is 10.8 Å². The SMILES string of the molecule is Cc1csc(N2CCN(C(=O)c3csc(CCN)n3)CC2)n1. The predicted octanol–water partition coefficient (Wildman–Crippen LogP) is 1.37. The molecule has 1 fully saturated rings. The van der Waals surface area contributed by atoms with Gasteiger partial charge in [-0.15, -0.1) is 22.7 Å². The highest BCUT2D eigenvalue weighted by atomic mass is 32.1. The molecule has 118 valence electrons. The van der Waals surface area contributed by atoms with Crippen molar-refractivity contribution in [1.82, 2.24) is 14.9 Å². The zero-order chi connectivity index (χ0) is 15.5. The van der Waals surface area contributed by atoms with Crippen molar-refractivity contribution in [3.63, 3.8) is 0 Å². The molecule has 2 N–H and O–H groups in total. The fraction of sp³-hybridized carbons (Fsp3) is 0.500. The van der Waals surface area contributed by atoms with Gasteiger partial charge in [0.15, 0.2) is 5.13 Å². The number of nitrogens with zero attached hydrogens (tertiary/aromatic N) is 4. The van der Waals surface area contributed by atoms with Gasteiger partial charge in [-0.05, 0) is 13.5 Å². The minimum Gasteiger partial charge on any atom is -0.345 e. The van der Waals surface area contributed by atoms with Crippen LogP contribution in [0.2, 0.25) is 0 Å². The first-order valence-corrected chi connectivity index (χ1v) is 9.04. The van der Waals surface area contributed by atoms with Gasteiger partial charge < -0.3 is 15.5 Å². The first-order valence-electron chi connectivity index (χ1n) is 7.28. The number of aryl methyl sites for hydroxylation is 1. The number of carbonyl (C=O) groups excluding carboxylic acids is 1. The van der Waals surface area contributed by atoms with E-state index in [2.05, 4.69) is 20.2 Å². The summed E-state index contributed by atoms with van der Waals surface area (Å²) in [5, 5.41) is 5.87. The van der Waals surface area contributed by atoms with E-state index in [9.17, 15) is 4.79 Å². The van der Waals surface area contributed by atoms with Gasteiger partial charge in [-0.3, -0.25) is 4.79 Å². The molecule has 3 heterocycles. The van der Waals surface area contributed by atoms with Crippen LogP contribution in [0.1, 0.15) is 21.2 Å². The van der Waals surface area contributed by atoms with E-state index in [1.807, 2.05) is 17.2 Å². The van der Waals surface area contributed by atoms with Crippen LogP contribution in [0.4, 0.5) is 5.13 Å². The molecule has 0 radical (unpaired) electrons. The van der Waals surface area contributed by atoms with Gasteiger partial charge in [-0.25, -0.2) is 9.97 Å². The Hall–Kier alpha value is -1.51. The van der Waals surface area contributed by atoms with Gasteiger partial charge in [0, 0.05) is 43.4 Å². The van der Waals surface area contributed by atoms with Gasteiger partial charge in [0.05, 0.1) is 10.7 Å². The number of hydrogen-bond acceptors (Lipinski definition) is 7. The number of carbonyl (C=O) groups is 1. The third-order valence-corrected chi connectivity index (χ3v) is 5.50. The highest BCUT2D eigenvalue weighted by Gasteiger charge is 2.24. The van der Waals surface area contributed by atoms with E-state index in [0.717, 1.165) is 35.3 Å². The summed E-state index contributed by atoms with van der Waals surface area (Å²) in [7, 11) is 0. The maximum atomic E-state index is 12.5. The van der Waals surface area contributed by atoms with Crippen LogP contribution in [0, 0.1) is 6.92 Å². The fourth-order valence-corrected chi connectivity index (χ4v) is 4.04. The number of hydrogen-bond donors (Lipinski definition) is 1. The molecule has 0 spiro atoms. The number of aromatic nitrogens is 2. The van der Waals surface area contributed by atoms with Crippen LogP contribution in [-0.4, -0.2) is 53.5 Å². The average molecular weight is 337 g/mol. The molecule has 3 rings (SSSR count). The third-order valence-electron chi connectivity index (χ3n) is 3.57. The van der Waals surface area contributed by atoms with Crippen LogP contribution in [0.5, 0.6) is 0 Å². The van der Waals surface area contributed by atoms with E-state index in [1.54, 1.807) is 11.3 Å². The van der Waals surface area contributed by atoms with Crippen LogP contribution in [-0.2, 0) is 6.42 Å². The van der Waals surface area contributed by atoms with Crippen molar-refractivity contribution in [3.8, 4) is 0 Å². The van der Waals surface area contributed by atoms with E-state index in [4.69, 9.17) is 5.73 Å². The zero-order valence-electron chi connectivity index (χ0n) is 12.5. The van der Waals surface area contributed by atoms with E-state index < -0.39 is 0 Å². The summed E-state index contributed by atoms with van der Waals surface area (Å²) >= 11 is 3.17. The second-order valence-electron chi connectivity index (χ2n) is 5.22. The molecule has 8 heteroatoms. The summed E-state index contributed by atoms with van der Waals surface area (Å²) in [6.45, 7) is 5.62. The van der Waals surface area contributed by atoms with E-state index in [1.165, 1.54) is 11.3 Å². The monoisotopic (exact) mass is 337 g/mol. The second kappa shape index (κ2) is 6.72. The smallest absolute Gasteiger partial charge is 0.273 e. The molecule has 6 nitrogen and oxygen atoms in total. The number of rotatable bonds is 4. The molecule has 2 aromatic heterocycles. The lowest BCUT2D eigenvalue weighted by Crippen LogP contribution is -2.48. The summed E-state index contributed by atoms with van der Waals surface area (Å²) < 4.78 is 0. The molecule has 0 saturated carbocycles. The average Bonchev–Trinajstić information content (AvgIpc) is 3.16. The van der Waals surface area contributed by atoms with Gasteiger partial charge in [-0.1, -0.05) is 0 Å². The van der Waals surface area contributed by atoms with Gasteiger partial charge in [0.2, 0.25) is 0 Å². The molecule has 0 aromatic carbocycles. The predicted molar refractivity (Wildman–Crippen MR) is 89.8 cm³/mol. The number of amides is 1. The summed E-state index contributed by atoms with van der Waals surface area (Å²) in [5.41, 5.74) is 7.12. The van der Waals surface area contributed by atoms with E-state index >= 15 is 0 Å². The summed E-state index contributed by atoms with van der Waals surface area (Å²) in [4.78, 5) is 25.5. The molecule has 0 unspecified atom stereocenters. The summed E-state index contributed by atoms with van der Waals surface area (Å²) in [6.07, 6.45) is 0.731. The van der Waals surface area contributed by atoms with Crippen molar-refractivity contribution >= 4 is 33.7 Å². The Morgan fingerprint density at radius 2 is 2.00 bits per heavy atom. The van der Waals surface area contributed by atoms with E-state index in [0.29, 0.717) is 25.3 Å². The van der Waals surface area contributed by atoms with Crippen LogP contribution < -0.4 is 10.6 Å². The van der Waals surface area contributed by atoms with E-state index in [-0.39, 0.29) is 5.91 Å². The van der Waals surface area contributed by atoms with Crippen molar-refractivity contribution in [2.24, 2.45) is 5.73 Å². The van der Waals surface area contributed by atoms with Crippen molar-refractivity contribution in [2.75, 3.05) is 37.6 Å². The Balaban J connectivity index is 1.59. The minimum absolute atomic E-state index is 0.0227. The molecule has 1 aliphatic rings. The number of anilines is 1. The van der Waals surface area contributed by atoms with Crippen LogP contribution in [0.3, 0.4) is 0 Å². The highest BCUT2D eigenvalue weighted by Crippen LogP contribution is 2.22. The standard InChI is InChI=1S/C14H19N5OS2/c1-10-8-22-14(16-10)19-6-4-18(5-7-19)13(20)11-9-21-12(17-11)2-3-15/h8-9H,2-7,15H2,1H3. The highest BCUT2D eigenvalue weighted by molar-refractivity contribution is 7.13. The number of thiazole rings is 2. The lowest BCUT2D eigenvalue weighted by atomic mass is 10.3. The van der Waals surface area contributed by atoms with Crippen molar-refractivity contribution in [3.05, 3.63) is 27.2 Å². The first kappa shape index (κ1) is 15.4. The van der Waals surface area contributed by atoms with Crippen molar-refractivity contribution in [1.29, 1.82) is 0 Å². The molecule has 22 heavy (non-hydrogen) atoms. The van der Waals surface area contributed by atoms with Crippen molar-refractivity contribution in [2.45, 2.75) is 13.3 Å². The quantitative estimate of drug-likeness (QED) is 0.912. The Kier molecular flexibility index (Phi) is 4.70. The lowest BCUT2D eigenvalue weighted by Gasteiger charge is -2.34. The maximum Gasteiger partial charge on any atom is 0.273 e. The second-order valence-corrected chi connectivity index (χ2v) is 7.00.